The van der Waals surface area contributed by atoms with Crippen LogP contribution in [0.3, 0.4) is 0 Å². The summed E-state index contributed by atoms with van der Waals surface area (Å²) in [6.07, 6.45) is 2.57. The second-order valence-corrected chi connectivity index (χ2v) is 9.49. The lowest BCUT2D eigenvalue weighted by molar-refractivity contribution is -0.126. The van der Waals surface area contributed by atoms with Crippen molar-refractivity contribution in [2.75, 3.05) is 20.3 Å². The van der Waals surface area contributed by atoms with E-state index < -0.39 is 27.9 Å². The van der Waals surface area contributed by atoms with Crippen LogP contribution in [0.25, 0.3) is 0 Å². The van der Waals surface area contributed by atoms with Gasteiger partial charge in [-0.2, -0.15) is 4.31 Å². The summed E-state index contributed by atoms with van der Waals surface area (Å²) in [5, 5.41) is 0. The predicted molar refractivity (Wildman–Crippen MR) is 122 cm³/mol. The Hall–Kier alpha value is -3.11. The zero-order valence-electron chi connectivity index (χ0n) is 18.7. The second-order valence-electron chi connectivity index (χ2n) is 7.60. The first-order valence-electron chi connectivity index (χ1n) is 10.9. The smallest absolute Gasteiger partial charge is 0.269 e. The molecule has 0 aliphatic carbocycles. The van der Waals surface area contributed by atoms with Crippen LogP contribution in [-0.2, 0) is 14.8 Å². The molecule has 0 bridgehead atoms. The number of hydrogen-bond acceptors (Lipinski definition) is 6. The minimum Gasteiger partial charge on any atom is -0.493 e. The Balaban J connectivity index is 1.68. The van der Waals surface area contributed by atoms with Crippen molar-refractivity contribution in [1.82, 2.24) is 15.2 Å². The molecular weight excluding hydrogens is 446 g/mol. The number of nitrogens with one attached hydrogen (secondary N) is 2. The summed E-state index contributed by atoms with van der Waals surface area (Å²) in [6, 6.07) is 11.8. The Morgan fingerprint density at radius 3 is 2.52 bits per heavy atom. The molecule has 1 saturated heterocycles. The first kappa shape index (κ1) is 24.5. The number of sulfonamides is 1. The lowest BCUT2D eigenvalue weighted by atomic mass is 10.0. The molecule has 0 spiro atoms. The maximum Gasteiger partial charge on any atom is 0.269 e. The van der Waals surface area contributed by atoms with Crippen LogP contribution in [0.15, 0.2) is 53.4 Å². The van der Waals surface area contributed by atoms with Crippen molar-refractivity contribution in [2.45, 2.75) is 43.5 Å². The minimum absolute atomic E-state index is 0.131. The maximum absolute atomic E-state index is 13.1. The summed E-state index contributed by atoms with van der Waals surface area (Å²) in [7, 11) is -2.36. The Morgan fingerprint density at radius 2 is 1.82 bits per heavy atom. The highest BCUT2D eigenvalue weighted by atomic mass is 32.2. The molecule has 10 heteroatoms. The second kappa shape index (κ2) is 11.2. The number of carbonyl (C=O) groups is 2. The van der Waals surface area contributed by atoms with E-state index >= 15 is 0 Å². The lowest BCUT2D eigenvalue weighted by Crippen LogP contribution is -2.55. The van der Waals surface area contributed by atoms with Gasteiger partial charge in [0.15, 0.2) is 11.5 Å². The summed E-state index contributed by atoms with van der Waals surface area (Å²) < 4.78 is 38.2. The van der Waals surface area contributed by atoms with Gasteiger partial charge in [0.25, 0.3) is 11.8 Å². The number of piperidine rings is 1. The van der Waals surface area contributed by atoms with Gasteiger partial charge in [-0.1, -0.05) is 31.5 Å². The molecule has 33 heavy (non-hydrogen) atoms. The van der Waals surface area contributed by atoms with Crippen LogP contribution in [0, 0.1) is 0 Å². The molecule has 1 heterocycles. The number of amides is 2. The van der Waals surface area contributed by atoms with Gasteiger partial charge in [0.2, 0.25) is 10.0 Å². The molecule has 0 saturated carbocycles. The molecule has 3 rings (SSSR count). The van der Waals surface area contributed by atoms with Crippen molar-refractivity contribution in [3.63, 3.8) is 0 Å². The number of nitrogens with zero attached hydrogens (tertiary/aromatic N) is 1. The van der Waals surface area contributed by atoms with Gasteiger partial charge in [-0.05, 0) is 49.6 Å². The Kier molecular flexibility index (Phi) is 8.29. The quantitative estimate of drug-likeness (QED) is 0.567. The van der Waals surface area contributed by atoms with E-state index in [0.29, 0.717) is 37.4 Å². The third-order valence-electron chi connectivity index (χ3n) is 5.29. The molecule has 0 radical (unpaired) electrons. The molecule has 1 aliphatic heterocycles. The molecule has 178 valence electrons. The van der Waals surface area contributed by atoms with Gasteiger partial charge in [0, 0.05) is 12.1 Å². The third kappa shape index (κ3) is 5.82. The molecule has 2 aromatic carbocycles. The number of hydrazine groups is 1. The first-order valence-corrected chi connectivity index (χ1v) is 12.3. The van der Waals surface area contributed by atoms with E-state index in [4.69, 9.17) is 9.47 Å². The van der Waals surface area contributed by atoms with E-state index in [1.807, 2.05) is 6.92 Å². The van der Waals surface area contributed by atoms with Crippen LogP contribution >= 0.6 is 0 Å². The van der Waals surface area contributed by atoms with E-state index in [0.717, 1.165) is 6.42 Å². The molecule has 1 fully saturated rings. The van der Waals surface area contributed by atoms with Gasteiger partial charge < -0.3 is 9.47 Å². The minimum atomic E-state index is -3.84. The molecule has 2 amide bonds. The van der Waals surface area contributed by atoms with Crippen LogP contribution in [-0.4, -0.2) is 50.8 Å². The molecule has 2 N–H and O–H groups in total. The van der Waals surface area contributed by atoms with Gasteiger partial charge in [0.1, 0.15) is 6.04 Å². The number of methoxy groups -OCH3 is 1. The average Bonchev–Trinajstić information content (AvgIpc) is 2.86. The fraction of sp³-hybridized carbons (Fsp3) is 0.391. The number of benzene rings is 2. The number of rotatable bonds is 8. The Morgan fingerprint density at radius 1 is 1.06 bits per heavy atom. The van der Waals surface area contributed by atoms with E-state index in [1.54, 1.807) is 30.3 Å². The topological polar surface area (TPSA) is 114 Å². The lowest BCUT2D eigenvalue weighted by Gasteiger charge is -2.33. The number of carbonyl (C=O) groups excluding carboxylic acids is 2. The molecule has 1 aliphatic rings. The van der Waals surface area contributed by atoms with Crippen LogP contribution < -0.4 is 20.3 Å². The van der Waals surface area contributed by atoms with Crippen LogP contribution in [0.1, 0.15) is 43.0 Å². The third-order valence-corrected chi connectivity index (χ3v) is 7.22. The zero-order valence-corrected chi connectivity index (χ0v) is 19.6. The van der Waals surface area contributed by atoms with E-state index in [9.17, 15) is 18.0 Å². The highest BCUT2D eigenvalue weighted by Crippen LogP contribution is 2.28. The normalized spacial score (nSPS) is 16.6. The predicted octanol–water partition coefficient (Wildman–Crippen LogP) is 2.49. The van der Waals surface area contributed by atoms with Crippen molar-refractivity contribution in [2.24, 2.45) is 0 Å². The molecular formula is C23H29N3O6S. The molecule has 2 aromatic rings. The number of hydrogen-bond donors (Lipinski definition) is 2. The first-order chi connectivity index (χ1) is 15.9. The Labute approximate surface area is 194 Å². The van der Waals surface area contributed by atoms with Gasteiger partial charge >= 0.3 is 0 Å². The van der Waals surface area contributed by atoms with Crippen LogP contribution in [0.2, 0.25) is 0 Å². The van der Waals surface area contributed by atoms with Gasteiger partial charge in [0.05, 0.1) is 18.6 Å². The van der Waals surface area contributed by atoms with Crippen molar-refractivity contribution in [1.29, 1.82) is 0 Å². The summed E-state index contributed by atoms with van der Waals surface area (Å²) >= 11 is 0. The van der Waals surface area contributed by atoms with E-state index in [2.05, 4.69) is 10.9 Å². The van der Waals surface area contributed by atoms with Crippen molar-refractivity contribution < 1.29 is 27.5 Å². The van der Waals surface area contributed by atoms with Crippen LogP contribution in [0.4, 0.5) is 0 Å². The van der Waals surface area contributed by atoms with Crippen molar-refractivity contribution >= 4 is 21.8 Å². The highest BCUT2D eigenvalue weighted by Gasteiger charge is 2.37. The summed E-state index contributed by atoms with van der Waals surface area (Å²) in [5.41, 5.74) is 5.00. The Bertz CT molecular complexity index is 1070. The highest BCUT2D eigenvalue weighted by molar-refractivity contribution is 7.89. The standard InChI is InChI=1S/C23H29N3O6S/c1-3-15-32-20-13-12-17(16-21(20)31-2)22(27)24-25-23(28)19-11-7-8-14-26(19)33(29,30)18-9-5-4-6-10-18/h4-6,9-10,12-13,16,19H,3,7-8,11,14-15H2,1-2H3,(H,24,27)(H,25,28). The molecule has 0 aromatic heterocycles. The maximum atomic E-state index is 13.1. The molecule has 9 nitrogen and oxygen atoms in total. The van der Waals surface area contributed by atoms with E-state index in [1.165, 1.54) is 29.6 Å². The van der Waals surface area contributed by atoms with Gasteiger partial charge in [-0.3, -0.25) is 20.4 Å². The monoisotopic (exact) mass is 475 g/mol. The summed E-state index contributed by atoms with van der Waals surface area (Å²) in [4.78, 5) is 25.5. The number of ether oxygens (including phenoxy) is 2. The largest absolute Gasteiger partial charge is 0.493 e. The average molecular weight is 476 g/mol. The van der Waals surface area contributed by atoms with Crippen molar-refractivity contribution in [3.8, 4) is 11.5 Å². The van der Waals surface area contributed by atoms with Crippen LogP contribution in [0.5, 0.6) is 11.5 Å². The van der Waals surface area contributed by atoms with Gasteiger partial charge in [-0.15, -0.1) is 0 Å². The van der Waals surface area contributed by atoms with Gasteiger partial charge in [-0.25, -0.2) is 8.42 Å². The molecule has 1 atom stereocenters. The molecule has 1 unspecified atom stereocenters. The zero-order chi connectivity index (χ0) is 23.8. The van der Waals surface area contributed by atoms with Crippen molar-refractivity contribution in [3.05, 3.63) is 54.1 Å². The SMILES string of the molecule is CCCOc1ccc(C(=O)NNC(=O)C2CCCCN2S(=O)(=O)c2ccccc2)cc1OC. The fourth-order valence-electron chi connectivity index (χ4n) is 3.60. The van der Waals surface area contributed by atoms with E-state index in [-0.39, 0.29) is 17.0 Å². The summed E-state index contributed by atoms with van der Waals surface area (Å²) in [5.74, 6) is -0.229. The summed E-state index contributed by atoms with van der Waals surface area (Å²) in [6.45, 7) is 2.73. The fourth-order valence-corrected chi connectivity index (χ4v) is 5.27.